The Balaban J connectivity index is 2.80. The summed E-state index contributed by atoms with van der Waals surface area (Å²) in [5.41, 5.74) is 1.72. The summed E-state index contributed by atoms with van der Waals surface area (Å²) in [6.07, 6.45) is 0. The van der Waals surface area contributed by atoms with E-state index in [2.05, 4.69) is 16.5 Å². The van der Waals surface area contributed by atoms with Crippen LogP contribution >= 0.6 is 11.6 Å². The summed E-state index contributed by atoms with van der Waals surface area (Å²) in [7, 11) is 0. The molecule has 0 aliphatic heterocycles. The molecule has 1 unspecified atom stereocenters. The van der Waals surface area contributed by atoms with Crippen LogP contribution in [0.4, 0.5) is 0 Å². The Labute approximate surface area is 94.8 Å². The molecule has 1 atom stereocenters. The van der Waals surface area contributed by atoms with Crippen molar-refractivity contribution in [3.05, 3.63) is 16.4 Å². The van der Waals surface area contributed by atoms with Crippen molar-refractivity contribution in [2.75, 3.05) is 6.54 Å². The number of aromatic nitrogens is 2. The van der Waals surface area contributed by atoms with Gasteiger partial charge < -0.3 is 5.32 Å². The van der Waals surface area contributed by atoms with E-state index in [4.69, 9.17) is 16.9 Å². The molecule has 0 radical (unpaired) electrons. The lowest BCUT2D eigenvalue weighted by Crippen LogP contribution is -2.32. The minimum atomic E-state index is -0.218. The third-order valence-corrected chi connectivity index (χ3v) is 2.80. The molecule has 15 heavy (non-hydrogen) atoms. The molecule has 1 rings (SSSR count). The van der Waals surface area contributed by atoms with Crippen LogP contribution in [0.1, 0.15) is 18.3 Å². The van der Waals surface area contributed by atoms with Gasteiger partial charge in [-0.25, -0.2) is 0 Å². The molecule has 0 aliphatic rings. The number of hydrogen-bond acceptors (Lipinski definition) is 3. The van der Waals surface area contributed by atoms with E-state index in [0.29, 0.717) is 11.6 Å². The second-order valence-electron chi connectivity index (χ2n) is 3.41. The zero-order valence-corrected chi connectivity index (χ0v) is 9.97. The number of halogens is 1. The Kier molecular flexibility index (Phi) is 4.13. The van der Waals surface area contributed by atoms with Crippen LogP contribution in [0.15, 0.2) is 0 Å². The Morgan fingerprint density at radius 2 is 2.27 bits per heavy atom. The maximum absolute atomic E-state index is 8.90. The Morgan fingerprint density at radius 1 is 1.60 bits per heavy atom. The number of likely N-dealkylation sites (N-methyl/N-ethyl adjacent to an activating group) is 1. The molecule has 5 heteroatoms. The number of nitrogens with zero attached hydrogens (tertiary/aromatic N) is 3. The van der Waals surface area contributed by atoms with Crippen molar-refractivity contribution in [1.82, 2.24) is 15.1 Å². The average molecular weight is 227 g/mol. The number of nitrogens with one attached hydrogen (secondary N) is 1. The fraction of sp³-hybridized carbons (Fsp3) is 0.600. The first kappa shape index (κ1) is 12.0. The lowest BCUT2D eigenvalue weighted by atomic mass is 10.3. The second kappa shape index (κ2) is 5.15. The van der Waals surface area contributed by atoms with Crippen LogP contribution in [0.2, 0.25) is 5.02 Å². The molecule has 0 aromatic carbocycles. The monoisotopic (exact) mass is 226 g/mol. The van der Waals surface area contributed by atoms with Gasteiger partial charge in [0.1, 0.15) is 6.04 Å². The molecule has 0 aliphatic carbocycles. The molecular formula is C10H15ClN4. The van der Waals surface area contributed by atoms with Gasteiger partial charge in [-0.2, -0.15) is 10.4 Å². The van der Waals surface area contributed by atoms with E-state index in [1.54, 1.807) is 4.68 Å². The molecule has 1 heterocycles. The number of nitriles is 1. The first-order valence-corrected chi connectivity index (χ1v) is 5.30. The minimum absolute atomic E-state index is 0.218. The van der Waals surface area contributed by atoms with Crippen molar-refractivity contribution < 1.29 is 0 Å². The molecule has 0 saturated carbocycles. The van der Waals surface area contributed by atoms with Crippen LogP contribution in [-0.2, 0) is 6.54 Å². The maximum Gasteiger partial charge on any atom is 0.115 e. The van der Waals surface area contributed by atoms with E-state index in [-0.39, 0.29) is 6.04 Å². The van der Waals surface area contributed by atoms with Crippen LogP contribution in [0.25, 0.3) is 0 Å². The molecule has 0 bridgehead atoms. The van der Waals surface area contributed by atoms with Gasteiger partial charge in [0, 0.05) is 0 Å². The zero-order valence-electron chi connectivity index (χ0n) is 9.21. The Morgan fingerprint density at radius 3 is 2.67 bits per heavy atom. The lowest BCUT2D eigenvalue weighted by Gasteiger charge is -2.10. The first-order chi connectivity index (χ1) is 7.10. The topological polar surface area (TPSA) is 53.6 Å². The summed E-state index contributed by atoms with van der Waals surface area (Å²) in [5.74, 6) is 0. The van der Waals surface area contributed by atoms with E-state index in [1.165, 1.54) is 0 Å². The summed E-state index contributed by atoms with van der Waals surface area (Å²) in [6.45, 7) is 7.04. The molecule has 1 N–H and O–H groups in total. The predicted molar refractivity (Wildman–Crippen MR) is 59.8 cm³/mol. The van der Waals surface area contributed by atoms with Crippen molar-refractivity contribution in [2.45, 2.75) is 33.4 Å². The van der Waals surface area contributed by atoms with E-state index < -0.39 is 0 Å². The summed E-state index contributed by atoms with van der Waals surface area (Å²) in [6, 6.07) is 1.97. The third-order valence-electron chi connectivity index (χ3n) is 2.26. The number of aryl methyl sites for hydroxylation is 1. The number of hydrogen-bond donors (Lipinski definition) is 1. The zero-order chi connectivity index (χ0) is 11.4. The van der Waals surface area contributed by atoms with E-state index in [9.17, 15) is 0 Å². The molecule has 0 spiro atoms. The highest BCUT2D eigenvalue weighted by atomic mass is 35.5. The van der Waals surface area contributed by atoms with Gasteiger partial charge in [-0.1, -0.05) is 18.5 Å². The van der Waals surface area contributed by atoms with Crippen molar-refractivity contribution in [3.63, 3.8) is 0 Å². The quantitative estimate of drug-likeness (QED) is 0.850. The Hall–Kier alpha value is -1.05. The smallest absolute Gasteiger partial charge is 0.115 e. The van der Waals surface area contributed by atoms with Gasteiger partial charge in [0.05, 0.1) is 29.0 Å². The van der Waals surface area contributed by atoms with Gasteiger partial charge >= 0.3 is 0 Å². The van der Waals surface area contributed by atoms with E-state index >= 15 is 0 Å². The highest BCUT2D eigenvalue weighted by Gasteiger charge is 2.13. The fourth-order valence-corrected chi connectivity index (χ4v) is 1.56. The molecule has 0 fully saturated rings. The summed E-state index contributed by atoms with van der Waals surface area (Å²) >= 11 is 6.02. The summed E-state index contributed by atoms with van der Waals surface area (Å²) in [4.78, 5) is 0. The van der Waals surface area contributed by atoms with Gasteiger partial charge in [-0.3, -0.25) is 4.68 Å². The van der Waals surface area contributed by atoms with Crippen molar-refractivity contribution in [3.8, 4) is 6.07 Å². The second-order valence-corrected chi connectivity index (χ2v) is 3.78. The van der Waals surface area contributed by atoms with Crippen LogP contribution in [0.3, 0.4) is 0 Å². The van der Waals surface area contributed by atoms with Gasteiger partial charge in [-0.05, 0) is 20.4 Å². The summed E-state index contributed by atoms with van der Waals surface area (Å²) in [5, 5.41) is 16.9. The minimum Gasteiger partial charge on any atom is -0.301 e. The molecular weight excluding hydrogens is 212 g/mol. The van der Waals surface area contributed by atoms with Crippen LogP contribution in [-0.4, -0.2) is 22.4 Å². The van der Waals surface area contributed by atoms with Crippen LogP contribution in [0, 0.1) is 25.2 Å². The van der Waals surface area contributed by atoms with Crippen molar-refractivity contribution >= 4 is 11.6 Å². The molecule has 1 aromatic rings. The standard InChI is InChI=1S/C10H15ClN4/c1-4-13-9(5-12)6-15-8(3)10(11)7(2)14-15/h9,13H,4,6H2,1-3H3. The van der Waals surface area contributed by atoms with E-state index in [1.807, 2.05) is 20.8 Å². The molecule has 0 saturated heterocycles. The Bertz CT molecular complexity index is 378. The first-order valence-electron chi connectivity index (χ1n) is 4.92. The molecule has 1 aromatic heterocycles. The number of rotatable bonds is 4. The fourth-order valence-electron chi connectivity index (χ4n) is 1.42. The molecule has 82 valence electrons. The molecule has 4 nitrogen and oxygen atoms in total. The maximum atomic E-state index is 8.90. The third kappa shape index (κ3) is 2.71. The highest BCUT2D eigenvalue weighted by Crippen LogP contribution is 2.18. The van der Waals surface area contributed by atoms with Crippen molar-refractivity contribution in [2.24, 2.45) is 0 Å². The van der Waals surface area contributed by atoms with Gasteiger partial charge in [0.2, 0.25) is 0 Å². The van der Waals surface area contributed by atoms with Gasteiger partial charge in [0.15, 0.2) is 0 Å². The normalized spacial score (nSPS) is 12.5. The van der Waals surface area contributed by atoms with Gasteiger partial charge in [-0.15, -0.1) is 0 Å². The average Bonchev–Trinajstić information content (AvgIpc) is 2.46. The lowest BCUT2D eigenvalue weighted by molar-refractivity contribution is 0.492. The summed E-state index contributed by atoms with van der Waals surface area (Å²) < 4.78 is 1.77. The predicted octanol–water partition coefficient (Wildman–Crippen LogP) is 1.66. The van der Waals surface area contributed by atoms with Crippen LogP contribution in [0.5, 0.6) is 0 Å². The van der Waals surface area contributed by atoms with Crippen molar-refractivity contribution in [1.29, 1.82) is 5.26 Å². The highest BCUT2D eigenvalue weighted by molar-refractivity contribution is 6.31. The molecule has 0 amide bonds. The van der Waals surface area contributed by atoms with Crippen LogP contribution < -0.4 is 5.32 Å². The van der Waals surface area contributed by atoms with Gasteiger partial charge in [0.25, 0.3) is 0 Å². The largest absolute Gasteiger partial charge is 0.301 e. The SMILES string of the molecule is CCNC(C#N)Cn1nc(C)c(Cl)c1C. The van der Waals surface area contributed by atoms with E-state index in [0.717, 1.165) is 17.9 Å².